The summed E-state index contributed by atoms with van der Waals surface area (Å²) >= 11 is 4.96. The fraction of sp³-hybridized carbons (Fsp3) is 0.500. The Balaban J connectivity index is 2.94. The molecule has 1 aromatic heterocycles. The molecule has 1 aromatic rings. The molecule has 1 unspecified atom stereocenters. The number of hydrogen-bond acceptors (Lipinski definition) is 4. The first-order valence-electron chi connectivity index (χ1n) is 5.74. The molecule has 6 heteroatoms. The van der Waals surface area contributed by atoms with E-state index in [-0.39, 0.29) is 22.9 Å². The van der Waals surface area contributed by atoms with Crippen LogP contribution in [0.25, 0.3) is 0 Å². The molecular formula is C12H18N4OS. The Morgan fingerprint density at radius 2 is 2.00 bits per heavy atom. The Morgan fingerprint density at radius 3 is 2.50 bits per heavy atom. The molecule has 1 rings (SSSR count). The van der Waals surface area contributed by atoms with Gasteiger partial charge in [-0.25, -0.2) is 0 Å². The predicted octanol–water partition coefficient (Wildman–Crippen LogP) is 1.13. The number of nitrogens with one attached hydrogen (secondary N) is 1. The fourth-order valence-corrected chi connectivity index (χ4v) is 1.90. The third-order valence-electron chi connectivity index (χ3n) is 2.61. The highest BCUT2D eigenvalue weighted by molar-refractivity contribution is 7.80. The lowest BCUT2D eigenvalue weighted by molar-refractivity contribution is 0.0938. The first-order valence-corrected chi connectivity index (χ1v) is 6.15. The minimum Gasteiger partial charge on any atom is -0.392 e. The van der Waals surface area contributed by atoms with E-state index in [1.807, 2.05) is 13.8 Å². The molecule has 0 fully saturated rings. The highest BCUT2D eigenvalue weighted by atomic mass is 32.1. The largest absolute Gasteiger partial charge is 0.392 e. The fourth-order valence-electron chi connectivity index (χ4n) is 1.57. The highest BCUT2D eigenvalue weighted by Crippen LogP contribution is 2.08. The SMILES string of the molecule is Cc1cc(C(=O)NC(C(N)=S)C(C)C)c(C)nn1. The summed E-state index contributed by atoms with van der Waals surface area (Å²) in [5.41, 5.74) is 7.41. The zero-order valence-electron chi connectivity index (χ0n) is 11.0. The van der Waals surface area contributed by atoms with Crippen LogP contribution in [0.2, 0.25) is 0 Å². The molecule has 3 N–H and O–H groups in total. The topological polar surface area (TPSA) is 80.9 Å². The highest BCUT2D eigenvalue weighted by Gasteiger charge is 2.21. The number of carbonyl (C=O) groups is 1. The van der Waals surface area contributed by atoms with Gasteiger partial charge in [0, 0.05) is 0 Å². The van der Waals surface area contributed by atoms with Crippen LogP contribution in [-0.4, -0.2) is 27.1 Å². The Hall–Kier alpha value is -1.56. The summed E-state index contributed by atoms with van der Waals surface area (Å²) in [6, 6.07) is 1.38. The molecule has 0 aliphatic heterocycles. The molecule has 0 saturated carbocycles. The molecule has 0 radical (unpaired) electrons. The molecule has 0 bridgehead atoms. The van der Waals surface area contributed by atoms with Gasteiger partial charge in [0.25, 0.3) is 5.91 Å². The van der Waals surface area contributed by atoms with Crippen molar-refractivity contribution in [2.24, 2.45) is 11.7 Å². The first-order chi connectivity index (χ1) is 8.32. The van der Waals surface area contributed by atoms with Crippen LogP contribution in [0.3, 0.4) is 0 Å². The molecule has 5 nitrogen and oxygen atoms in total. The molecule has 0 aliphatic rings. The van der Waals surface area contributed by atoms with Crippen molar-refractivity contribution in [3.8, 4) is 0 Å². The van der Waals surface area contributed by atoms with Crippen molar-refractivity contribution in [3.63, 3.8) is 0 Å². The first kappa shape index (κ1) is 14.5. The molecular weight excluding hydrogens is 248 g/mol. The number of nitrogens with two attached hydrogens (primary N) is 1. The summed E-state index contributed by atoms with van der Waals surface area (Å²) in [5, 5.41) is 10.6. The Morgan fingerprint density at radius 1 is 1.39 bits per heavy atom. The van der Waals surface area contributed by atoms with Gasteiger partial charge in [-0.3, -0.25) is 4.79 Å². The average molecular weight is 266 g/mol. The maximum absolute atomic E-state index is 12.1. The van der Waals surface area contributed by atoms with Crippen LogP contribution in [0, 0.1) is 19.8 Å². The van der Waals surface area contributed by atoms with Crippen LogP contribution >= 0.6 is 12.2 Å². The van der Waals surface area contributed by atoms with E-state index >= 15 is 0 Å². The summed E-state index contributed by atoms with van der Waals surface area (Å²) in [6.07, 6.45) is 0. The summed E-state index contributed by atoms with van der Waals surface area (Å²) < 4.78 is 0. The molecule has 18 heavy (non-hydrogen) atoms. The van der Waals surface area contributed by atoms with Crippen molar-refractivity contribution in [1.29, 1.82) is 0 Å². The molecule has 0 aromatic carbocycles. The quantitative estimate of drug-likeness (QED) is 0.799. The number of rotatable bonds is 4. The van der Waals surface area contributed by atoms with Gasteiger partial charge in [0.15, 0.2) is 0 Å². The second-order valence-electron chi connectivity index (χ2n) is 4.58. The molecule has 0 aliphatic carbocycles. The van der Waals surface area contributed by atoms with Crippen molar-refractivity contribution in [2.75, 3.05) is 0 Å². The van der Waals surface area contributed by atoms with Gasteiger partial charge >= 0.3 is 0 Å². The van der Waals surface area contributed by atoms with Crippen LogP contribution in [0.15, 0.2) is 6.07 Å². The Labute approximate surface area is 112 Å². The van der Waals surface area contributed by atoms with Gasteiger partial charge in [0.1, 0.15) is 0 Å². The smallest absolute Gasteiger partial charge is 0.253 e. The molecule has 98 valence electrons. The number of hydrogen-bond donors (Lipinski definition) is 2. The zero-order valence-corrected chi connectivity index (χ0v) is 11.8. The molecule has 1 atom stereocenters. The molecule has 0 spiro atoms. The summed E-state index contributed by atoms with van der Waals surface area (Å²) in [6.45, 7) is 7.43. The number of thiocarbonyl (C=S) groups is 1. The van der Waals surface area contributed by atoms with E-state index in [4.69, 9.17) is 18.0 Å². The zero-order chi connectivity index (χ0) is 13.9. The van der Waals surface area contributed by atoms with Crippen molar-refractivity contribution in [3.05, 3.63) is 23.0 Å². The van der Waals surface area contributed by atoms with E-state index < -0.39 is 0 Å². The summed E-state index contributed by atoms with van der Waals surface area (Å²) in [5.74, 6) is -0.0837. The van der Waals surface area contributed by atoms with Gasteiger partial charge in [0.2, 0.25) is 0 Å². The van der Waals surface area contributed by atoms with E-state index in [2.05, 4.69) is 15.5 Å². The van der Waals surface area contributed by atoms with Gasteiger partial charge in [-0.05, 0) is 25.8 Å². The maximum Gasteiger partial charge on any atom is 0.253 e. The lowest BCUT2D eigenvalue weighted by Crippen LogP contribution is -2.47. The van der Waals surface area contributed by atoms with Gasteiger partial charge in [0.05, 0.1) is 28.0 Å². The van der Waals surface area contributed by atoms with Crippen molar-refractivity contribution < 1.29 is 4.79 Å². The number of amides is 1. The number of nitrogens with zero attached hydrogens (tertiary/aromatic N) is 2. The van der Waals surface area contributed by atoms with E-state index in [0.29, 0.717) is 17.0 Å². The van der Waals surface area contributed by atoms with Crippen LogP contribution < -0.4 is 11.1 Å². The lowest BCUT2D eigenvalue weighted by atomic mass is 10.0. The Bertz CT molecular complexity index is 473. The lowest BCUT2D eigenvalue weighted by Gasteiger charge is -2.21. The second-order valence-corrected chi connectivity index (χ2v) is 5.05. The van der Waals surface area contributed by atoms with Gasteiger partial charge in [-0.2, -0.15) is 10.2 Å². The molecule has 1 heterocycles. The van der Waals surface area contributed by atoms with Gasteiger partial charge < -0.3 is 11.1 Å². The van der Waals surface area contributed by atoms with E-state index in [1.165, 1.54) is 0 Å². The van der Waals surface area contributed by atoms with Crippen LogP contribution in [0.5, 0.6) is 0 Å². The van der Waals surface area contributed by atoms with Crippen LogP contribution in [0.1, 0.15) is 35.6 Å². The second kappa shape index (κ2) is 5.86. The normalized spacial score (nSPS) is 12.3. The maximum atomic E-state index is 12.1. The van der Waals surface area contributed by atoms with Crippen LogP contribution in [0.4, 0.5) is 0 Å². The number of aromatic nitrogens is 2. The van der Waals surface area contributed by atoms with E-state index in [9.17, 15) is 4.79 Å². The standard InChI is InChI=1S/C12H18N4OS/c1-6(2)10(11(13)18)14-12(17)9-5-7(3)15-16-8(9)4/h5-6,10H,1-4H3,(H2,13,18)(H,14,17). The third-order valence-corrected chi connectivity index (χ3v) is 2.86. The summed E-state index contributed by atoms with van der Waals surface area (Å²) in [7, 11) is 0. The van der Waals surface area contributed by atoms with Gasteiger partial charge in [-0.1, -0.05) is 26.1 Å². The Kier molecular flexibility index (Phi) is 4.72. The van der Waals surface area contributed by atoms with E-state index in [1.54, 1.807) is 19.9 Å². The van der Waals surface area contributed by atoms with Crippen molar-refractivity contribution >= 4 is 23.1 Å². The third kappa shape index (κ3) is 3.46. The number of aryl methyl sites for hydroxylation is 2. The summed E-state index contributed by atoms with van der Waals surface area (Å²) in [4.78, 5) is 12.4. The van der Waals surface area contributed by atoms with Crippen LogP contribution in [-0.2, 0) is 0 Å². The monoisotopic (exact) mass is 266 g/mol. The van der Waals surface area contributed by atoms with Gasteiger partial charge in [-0.15, -0.1) is 0 Å². The average Bonchev–Trinajstić information content (AvgIpc) is 2.28. The minimum absolute atomic E-state index is 0.141. The molecule has 0 saturated heterocycles. The minimum atomic E-state index is -0.319. The van der Waals surface area contributed by atoms with Crippen molar-refractivity contribution in [2.45, 2.75) is 33.7 Å². The predicted molar refractivity (Wildman–Crippen MR) is 74.4 cm³/mol. The molecule has 1 amide bonds. The van der Waals surface area contributed by atoms with Crippen molar-refractivity contribution in [1.82, 2.24) is 15.5 Å². The van der Waals surface area contributed by atoms with E-state index in [0.717, 1.165) is 0 Å². The number of carbonyl (C=O) groups excluding carboxylic acids is 1.